The molecule has 0 saturated carbocycles. The van der Waals surface area contributed by atoms with Crippen molar-refractivity contribution in [2.24, 2.45) is 5.92 Å². The number of hydrogen-bond acceptors (Lipinski definition) is 2. The van der Waals surface area contributed by atoms with Crippen LogP contribution in [-0.4, -0.2) is 18.4 Å². The minimum absolute atomic E-state index is 0.241. The van der Waals surface area contributed by atoms with E-state index in [4.69, 9.17) is 23.2 Å². The van der Waals surface area contributed by atoms with Gasteiger partial charge in [-0.1, -0.05) is 43.1 Å². The molecular weight excluding hydrogens is 287 g/mol. The first kappa shape index (κ1) is 15.8. The number of carbonyl (C=O) groups excluding carboxylic acids is 2. The molecule has 0 unspecified atom stereocenters. The standard InChI is InChI=1S/C13H16Cl2N2O2/c1-8(2)7-16-11(18)6-12(19)17-10-5-3-4-9(14)13(10)15/h3-5,8H,6-7H2,1-2H3,(H,16,18)(H,17,19). The fourth-order valence-corrected chi connectivity index (χ4v) is 1.67. The maximum atomic E-state index is 11.7. The van der Waals surface area contributed by atoms with Crippen LogP contribution in [0, 0.1) is 5.92 Å². The molecular formula is C13H16Cl2N2O2. The zero-order valence-electron chi connectivity index (χ0n) is 10.8. The van der Waals surface area contributed by atoms with Gasteiger partial charge in [0.05, 0.1) is 15.7 Å². The van der Waals surface area contributed by atoms with Crippen molar-refractivity contribution in [2.45, 2.75) is 20.3 Å². The summed E-state index contributed by atoms with van der Waals surface area (Å²) in [5.41, 5.74) is 0.399. The molecule has 0 aliphatic rings. The summed E-state index contributed by atoms with van der Waals surface area (Å²) < 4.78 is 0. The van der Waals surface area contributed by atoms with E-state index in [1.807, 2.05) is 13.8 Å². The van der Waals surface area contributed by atoms with E-state index >= 15 is 0 Å². The first-order valence-electron chi connectivity index (χ1n) is 5.90. The Kier molecular flexibility index (Phi) is 6.12. The van der Waals surface area contributed by atoms with Crippen LogP contribution in [0.25, 0.3) is 0 Å². The minimum atomic E-state index is -0.426. The topological polar surface area (TPSA) is 58.2 Å². The van der Waals surface area contributed by atoms with E-state index in [2.05, 4.69) is 10.6 Å². The fourth-order valence-electron chi connectivity index (χ4n) is 1.32. The minimum Gasteiger partial charge on any atom is -0.355 e. The van der Waals surface area contributed by atoms with Crippen LogP contribution in [-0.2, 0) is 9.59 Å². The van der Waals surface area contributed by atoms with Gasteiger partial charge in [0.25, 0.3) is 0 Å². The van der Waals surface area contributed by atoms with Crippen molar-refractivity contribution in [1.82, 2.24) is 5.32 Å². The van der Waals surface area contributed by atoms with Gasteiger partial charge in [0, 0.05) is 6.54 Å². The molecule has 0 aliphatic heterocycles. The maximum Gasteiger partial charge on any atom is 0.233 e. The quantitative estimate of drug-likeness (QED) is 0.821. The SMILES string of the molecule is CC(C)CNC(=O)CC(=O)Nc1cccc(Cl)c1Cl. The van der Waals surface area contributed by atoms with Gasteiger partial charge in [-0.3, -0.25) is 9.59 Å². The Balaban J connectivity index is 2.51. The molecule has 4 nitrogen and oxygen atoms in total. The Bertz CT molecular complexity index is 476. The Morgan fingerprint density at radius 1 is 1.21 bits per heavy atom. The molecule has 2 amide bonds. The number of carbonyl (C=O) groups is 2. The zero-order chi connectivity index (χ0) is 14.4. The molecule has 1 aromatic carbocycles. The average Bonchev–Trinajstić information content (AvgIpc) is 2.32. The van der Waals surface area contributed by atoms with Crippen LogP contribution in [0.5, 0.6) is 0 Å². The molecule has 0 radical (unpaired) electrons. The maximum absolute atomic E-state index is 11.7. The van der Waals surface area contributed by atoms with Crippen molar-refractivity contribution in [2.75, 3.05) is 11.9 Å². The number of nitrogens with one attached hydrogen (secondary N) is 2. The summed E-state index contributed by atoms with van der Waals surface area (Å²) >= 11 is 11.8. The Hall–Kier alpha value is -1.26. The number of anilines is 1. The molecule has 0 saturated heterocycles. The Morgan fingerprint density at radius 3 is 2.53 bits per heavy atom. The number of amides is 2. The van der Waals surface area contributed by atoms with Gasteiger partial charge in [0.15, 0.2) is 0 Å². The number of hydrogen-bond donors (Lipinski definition) is 2. The summed E-state index contributed by atoms with van der Waals surface area (Å²) in [5, 5.41) is 5.83. The van der Waals surface area contributed by atoms with Gasteiger partial charge >= 0.3 is 0 Å². The lowest BCUT2D eigenvalue weighted by Gasteiger charge is -2.09. The zero-order valence-corrected chi connectivity index (χ0v) is 12.3. The molecule has 0 heterocycles. The van der Waals surface area contributed by atoms with E-state index in [0.29, 0.717) is 23.2 Å². The molecule has 0 spiro atoms. The second kappa shape index (κ2) is 7.36. The number of rotatable bonds is 5. The third kappa shape index (κ3) is 5.49. The lowest BCUT2D eigenvalue weighted by Crippen LogP contribution is -2.30. The molecule has 0 aromatic heterocycles. The van der Waals surface area contributed by atoms with Crippen molar-refractivity contribution in [1.29, 1.82) is 0 Å². The van der Waals surface area contributed by atoms with Gasteiger partial charge in [-0.25, -0.2) is 0 Å². The summed E-state index contributed by atoms with van der Waals surface area (Å²) in [6, 6.07) is 4.91. The van der Waals surface area contributed by atoms with E-state index in [1.165, 1.54) is 0 Å². The van der Waals surface area contributed by atoms with Gasteiger partial charge in [-0.05, 0) is 18.1 Å². The highest BCUT2D eigenvalue weighted by atomic mass is 35.5. The molecule has 104 valence electrons. The van der Waals surface area contributed by atoms with Crippen LogP contribution in [0.3, 0.4) is 0 Å². The lowest BCUT2D eigenvalue weighted by atomic mass is 10.2. The van der Waals surface area contributed by atoms with Crippen LogP contribution < -0.4 is 10.6 Å². The summed E-state index contributed by atoms with van der Waals surface area (Å²) in [6.07, 6.45) is -0.241. The smallest absolute Gasteiger partial charge is 0.233 e. The van der Waals surface area contributed by atoms with Crippen LogP contribution >= 0.6 is 23.2 Å². The van der Waals surface area contributed by atoms with E-state index in [0.717, 1.165) is 0 Å². The monoisotopic (exact) mass is 302 g/mol. The molecule has 0 aliphatic carbocycles. The largest absolute Gasteiger partial charge is 0.355 e. The molecule has 19 heavy (non-hydrogen) atoms. The van der Waals surface area contributed by atoms with E-state index < -0.39 is 5.91 Å². The average molecular weight is 303 g/mol. The van der Waals surface area contributed by atoms with Gasteiger partial charge in [-0.2, -0.15) is 0 Å². The van der Waals surface area contributed by atoms with Crippen molar-refractivity contribution in [3.63, 3.8) is 0 Å². The third-order valence-corrected chi connectivity index (χ3v) is 3.07. The Labute approximate surface area is 122 Å². The summed E-state index contributed by atoms with van der Waals surface area (Å²) in [4.78, 5) is 23.1. The second-order valence-electron chi connectivity index (χ2n) is 4.52. The molecule has 6 heteroatoms. The molecule has 1 aromatic rings. The normalized spacial score (nSPS) is 10.4. The summed E-state index contributed by atoms with van der Waals surface area (Å²) in [7, 11) is 0. The van der Waals surface area contributed by atoms with Crippen LogP contribution in [0.15, 0.2) is 18.2 Å². The van der Waals surface area contributed by atoms with E-state index in [1.54, 1.807) is 18.2 Å². The Morgan fingerprint density at radius 2 is 1.89 bits per heavy atom. The fraction of sp³-hybridized carbons (Fsp3) is 0.385. The van der Waals surface area contributed by atoms with E-state index in [-0.39, 0.29) is 17.4 Å². The van der Waals surface area contributed by atoms with Gasteiger partial charge in [0.2, 0.25) is 11.8 Å². The molecule has 0 bridgehead atoms. The molecule has 1 rings (SSSR count). The van der Waals surface area contributed by atoms with Crippen molar-refractivity contribution < 1.29 is 9.59 Å². The van der Waals surface area contributed by atoms with Crippen LogP contribution in [0.2, 0.25) is 10.0 Å². The van der Waals surface area contributed by atoms with E-state index in [9.17, 15) is 9.59 Å². The first-order valence-corrected chi connectivity index (χ1v) is 6.66. The summed E-state index contributed by atoms with van der Waals surface area (Å²) in [6.45, 7) is 4.50. The van der Waals surface area contributed by atoms with Crippen LogP contribution in [0.1, 0.15) is 20.3 Å². The van der Waals surface area contributed by atoms with Crippen LogP contribution in [0.4, 0.5) is 5.69 Å². The highest BCUT2D eigenvalue weighted by Crippen LogP contribution is 2.29. The first-order chi connectivity index (χ1) is 8.90. The summed E-state index contributed by atoms with van der Waals surface area (Å²) in [5.74, 6) is -0.399. The third-order valence-electron chi connectivity index (χ3n) is 2.25. The molecule has 2 N–H and O–H groups in total. The number of benzene rings is 1. The predicted molar refractivity (Wildman–Crippen MR) is 77.6 cm³/mol. The van der Waals surface area contributed by atoms with Gasteiger partial charge < -0.3 is 10.6 Å². The van der Waals surface area contributed by atoms with Gasteiger partial charge in [0.1, 0.15) is 6.42 Å². The number of halogens is 2. The molecule has 0 fully saturated rings. The highest BCUT2D eigenvalue weighted by Gasteiger charge is 2.12. The van der Waals surface area contributed by atoms with Crippen molar-refractivity contribution in [3.05, 3.63) is 28.2 Å². The van der Waals surface area contributed by atoms with Crippen molar-refractivity contribution >= 4 is 40.7 Å². The highest BCUT2D eigenvalue weighted by molar-refractivity contribution is 6.44. The van der Waals surface area contributed by atoms with Gasteiger partial charge in [-0.15, -0.1) is 0 Å². The van der Waals surface area contributed by atoms with Crippen molar-refractivity contribution in [3.8, 4) is 0 Å². The predicted octanol–water partition coefficient (Wildman–Crippen LogP) is 3.09. The lowest BCUT2D eigenvalue weighted by molar-refractivity contribution is -0.126. The second-order valence-corrected chi connectivity index (χ2v) is 5.31. The molecule has 0 atom stereocenters.